The summed E-state index contributed by atoms with van der Waals surface area (Å²) < 4.78 is 24.1. The third kappa shape index (κ3) is 3.36. The van der Waals surface area contributed by atoms with Crippen molar-refractivity contribution in [2.45, 2.75) is 19.8 Å². The van der Waals surface area contributed by atoms with Gasteiger partial charge in [0.05, 0.1) is 19.8 Å². The van der Waals surface area contributed by atoms with Crippen LogP contribution in [0.3, 0.4) is 0 Å². The van der Waals surface area contributed by atoms with Crippen LogP contribution in [0.4, 0.5) is 10.2 Å². The van der Waals surface area contributed by atoms with E-state index in [-0.39, 0.29) is 17.1 Å². The number of carbonyl (C=O) groups excluding carboxylic acids is 1. The Morgan fingerprint density at radius 2 is 1.95 bits per heavy atom. The second-order valence-electron chi connectivity index (χ2n) is 4.67. The van der Waals surface area contributed by atoms with Crippen LogP contribution in [0.25, 0.3) is 0 Å². The Balaban J connectivity index is 2.21. The van der Waals surface area contributed by atoms with E-state index in [4.69, 9.17) is 9.47 Å². The Bertz CT molecular complexity index is 670. The number of methoxy groups -OCH3 is 2. The van der Waals surface area contributed by atoms with Gasteiger partial charge in [-0.15, -0.1) is 0 Å². The zero-order chi connectivity index (χ0) is 16.1. The smallest absolute Gasteiger partial charge is 0.259 e. The largest absolute Gasteiger partial charge is 0.493 e. The van der Waals surface area contributed by atoms with Crippen molar-refractivity contribution < 1.29 is 18.7 Å². The summed E-state index contributed by atoms with van der Waals surface area (Å²) >= 11 is 0. The highest BCUT2D eigenvalue weighted by Crippen LogP contribution is 2.30. The van der Waals surface area contributed by atoms with Crippen LogP contribution in [-0.2, 0) is 6.42 Å². The number of nitrogens with one attached hydrogen (secondary N) is 2. The Hall–Kier alpha value is -2.57. The molecule has 7 heteroatoms. The van der Waals surface area contributed by atoms with Crippen molar-refractivity contribution in [1.82, 2.24) is 10.2 Å². The molecule has 0 saturated carbocycles. The van der Waals surface area contributed by atoms with Crippen LogP contribution in [0.5, 0.6) is 11.5 Å². The Morgan fingerprint density at radius 3 is 2.59 bits per heavy atom. The van der Waals surface area contributed by atoms with Crippen LogP contribution in [0, 0.1) is 5.82 Å². The van der Waals surface area contributed by atoms with E-state index in [2.05, 4.69) is 15.5 Å². The third-order valence-electron chi connectivity index (χ3n) is 3.11. The van der Waals surface area contributed by atoms with Gasteiger partial charge >= 0.3 is 0 Å². The number of aromatic nitrogens is 2. The highest BCUT2D eigenvalue weighted by molar-refractivity contribution is 6.04. The molecule has 1 aromatic heterocycles. The van der Waals surface area contributed by atoms with Gasteiger partial charge < -0.3 is 14.8 Å². The average Bonchev–Trinajstić information content (AvgIpc) is 2.94. The van der Waals surface area contributed by atoms with Gasteiger partial charge in [-0.1, -0.05) is 13.3 Å². The molecule has 2 rings (SSSR count). The Labute approximate surface area is 127 Å². The monoisotopic (exact) mass is 307 g/mol. The maximum atomic E-state index is 14.0. The number of aromatic amines is 1. The lowest BCUT2D eigenvalue weighted by Gasteiger charge is -2.10. The zero-order valence-corrected chi connectivity index (χ0v) is 12.7. The van der Waals surface area contributed by atoms with Gasteiger partial charge in [-0.05, 0) is 12.5 Å². The molecule has 0 spiro atoms. The molecule has 0 fully saturated rings. The first-order chi connectivity index (χ1) is 10.6. The minimum atomic E-state index is -0.695. The Morgan fingerprint density at radius 1 is 1.27 bits per heavy atom. The molecule has 0 saturated heterocycles. The topological polar surface area (TPSA) is 76.2 Å². The number of carbonyl (C=O) groups is 1. The Kier molecular flexibility index (Phi) is 4.98. The summed E-state index contributed by atoms with van der Waals surface area (Å²) in [7, 11) is 2.82. The number of hydrogen-bond donors (Lipinski definition) is 2. The number of ether oxygens (including phenoxy) is 2. The van der Waals surface area contributed by atoms with Gasteiger partial charge in [0.2, 0.25) is 0 Å². The minimum absolute atomic E-state index is 0.141. The van der Waals surface area contributed by atoms with E-state index in [0.717, 1.165) is 24.6 Å². The second kappa shape index (κ2) is 6.93. The highest BCUT2D eigenvalue weighted by Gasteiger charge is 2.18. The standard InChI is InChI=1S/C15H18FN3O3/c1-4-5-9-6-14(19-18-9)17-15(20)10-7-12(21-2)13(22-3)8-11(10)16/h6-8H,4-5H2,1-3H3,(H2,17,18,19,20). The fourth-order valence-corrected chi connectivity index (χ4v) is 2.03. The van der Waals surface area contributed by atoms with Crippen molar-refractivity contribution in [2.75, 3.05) is 19.5 Å². The second-order valence-corrected chi connectivity index (χ2v) is 4.67. The molecule has 0 aliphatic rings. The molecule has 0 aliphatic carbocycles. The van der Waals surface area contributed by atoms with Crippen molar-refractivity contribution in [2.24, 2.45) is 0 Å². The first-order valence-electron chi connectivity index (χ1n) is 6.86. The summed E-state index contributed by atoms with van der Waals surface area (Å²) in [6.45, 7) is 2.04. The van der Waals surface area contributed by atoms with E-state index in [9.17, 15) is 9.18 Å². The SMILES string of the molecule is CCCc1cc(NC(=O)c2cc(OC)c(OC)cc2F)n[nH]1. The summed E-state index contributed by atoms with van der Waals surface area (Å²) in [5, 5.41) is 9.34. The van der Waals surface area contributed by atoms with Crippen LogP contribution in [0.15, 0.2) is 18.2 Å². The lowest BCUT2D eigenvalue weighted by molar-refractivity contribution is 0.102. The maximum absolute atomic E-state index is 14.0. The van der Waals surface area contributed by atoms with Crippen LogP contribution >= 0.6 is 0 Å². The molecule has 1 aromatic carbocycles. The summed E-state index contributed by atoms with van der Waals surface area (Å²) in [5.41, 5.74) is 0.767. The molecular weight excluding hydrogens is 289 g/mol. The predicted molar refractivity (Wildman–Crippen MR) is 80.0 cm³/mol. The molecule has 0 aliphatic heterocycles. The maximum Gasteiger partial charge on any atom is 0.259 e. The number of aryl methyl sites for hydroxylation is 1. The highest BCUT2D eigenvalue weighted by atomic mass is 19.1. The minimum Gasteiger partial charge on any atom is -0.493 e. The molecule has 0 atom stereocenters. The van der Waals surface area contributed by atoms with Gasteiger partial charge in [0.1, 0.15) is 5.82 Å². The van der Waals surface area contributed by atoms with E-state index >= 15 is 0 Å². The van der Waals surface area contributed by atoms with Crippen LogP contribution < -0.4 is 14.8 Å². The van der Waals surface area contributed by atoms with Gasteiger partial charge in [-0.3, -0.25) is 9.89 Å². The summed E-state index contributed by atoms with van der Waals surface area (Å²) in [4.78, 5) is 12.2. The number of H-pyrrole nitrogens is 1. The number of halogens is 1. The molecule has 0 radical (unpaired) electrons. The average molecular weight is 307 g/mol. The van der Waals surface area contributed by atoms with Crippen molar-refractivity contribution in [3.05, 3.63) is 35.3 Å². The van der Waals surface area contributed by atoms with Gasteiger partial charge in [-0.2, -0.15) is 5.10 Å². The van der Waals surface area contributed by atoms with E-state index < -0.39 is 11.7 Å². The van der Waals surface area contributed by atoms with E-state index in [1.54, 1.807) is 6.07 Å². The molecule has 2 aromatic rings. The normalized spacial score (nSPS) is 10.4. The molecule has 1 amide bonds. The number of rotatable bonds is 6. The van der Waals surface area contributed by atoms with Crippen molar-refractivity contribution in [3.8, 4) is 11.5 Å². The van der Waals surface area contributed by atoms with Gasteiger partial charge in [0.15, 0.2) is 17.3 Å². The van der Waals surface area contributed by atoms with Crippen molar-refractivity contribution >= 4 is 11.7 Å². The molecule has 118 valence electrons. The lowest BCUT2D eigenvalue weighted by atomic mass is 10.1. The first-order valence-corrected chi connectivity index (χ1v) is 6.86. The molecule has 0 unspecified atom stereocenters. The van der Waals surface area contributed by atoms with Crippen LogP contribution in [-0.4, -0.2) is 30.3 Å². The van der Waals surface area contributed by atoms with Gasteiger partial charge in [-0.25, -0.2) is 4.39 Å². The molecule has 0 bridgehead atoms. The number of nitrogens with zero attached hydrogens (tertiary/aromatic N) is 1. The van der Waals surface area contributed by atoms with Gasteiger partial charge in [0, 0.05) is 17.8 Å². The third-order valence-corrected chi connectivity index (χ3v) is 3.11. The molecule has 22 heavy (non-hydrogen) atoms. The lowest BCUT2D eigenvalue weighted by Crippen LogP contribution is -2.14. The fraction of sp³-hybridized carbons (Fsp3) is 0.333. The van der Waals surface area contributed by atoms with Crippen LogP contribution in [0.1, 0.15) is 29.4 Å². The number of amides is 1. The molecular formula is C15H18FN3O3. The molecule has 2 N–H and O–H groups in total. The summed E-state index contributed by atoms with van der Waals surface area (Å²) in [6, 6.07) is 4.13. The number of anilines is 1. The zero-order valence-electron chi connectivity index (χ0n) is 12.7. The van der Waals surface area contributed by atoms with Crippen molar-refractivity contribution in [3.63, 3.8) is 0 Å². The van der Waals surface area contributed by atoms with E-state index in [1.165, 1.54) is 20.3 Å². The summed E-state index contributed by atoms with van der Waals surface area (Å²) in [5.74, 6) is -0.445. The van der Waals surface area contributed by atoms with Crippen LogP contribution in [0.2, 0.25) is 0 Å². The summed E-state index contributed by atoms with van der Waals surface area (Å²) in [6.07, 6.45) is 1.79. The molecule has 1 heterocycles. The number of hydrogen-bond acceptors (Lipinski definition) is 4. The fourth-order valence-electron chi connectivity index (χ4n) is 2.03. The predicted octanol–water partition coefficient (Wildman–Crippen LogP) is 2.77. The van der Waals surface area contributed by atoms with Crippen molar-refractivity contribution in [1.29, 1.82) is 0 Å². The quantitative estimate of drug-likeness (QED) is 0.860. The molecule has 6 nitrogen and oxygen atoms in total. The van der Waals surface area contributed by atoms with E-state index in [0.29, 0.717) is 5.82 Å². The van der Waals surface area contributed by atoms with E-state index in [1.807, 2.05) is 6.92 Å². The first kappa shape index (κ1) is 15.8. The van der Waals surface area contributed by atoms with Gasteiger partial charge in [0.25, 0.3) is 5.91 Å². The number of benzene rings is 1.